The van der Waals surface area contributed by atoms with E-state index in [2.05, 4.69) is 5.43 Å². The molecule has 3 nitrogen and oxygen atoms in total. The number of hydrogen-bond acceptors (Lipinski definition) is 4. The van der Waals surface area contributed by atoms with Gasteiger partial charge in [-0.15, -0.1) is 0 Å². The molecule has 17 heavy (non-hydrogen) atoms. The minimum atomic E-state index is -0.869. The second kappa shape index (κ2) is 5.77. The Balaban J connectivity index is 2.18. The van der Waals surface area contributed by atoms with Crippen LogP contribution >= 0.6 is 11.8 Å². The minimum Gasteiger partial charge on any atom is -0.374 e. The molecule has 6 heteroatoms. The molecule has 0 radical (unpaired) electrons. The number of nitrogens with one attached hydrogen (secondary N) is 1. The summed E-state index contributed by atoms with van der Waals surface area (Å²) in [7, 11) is 0. The molecule has 94 valence electrons. The molecule has 1 aliphatic heterocycles. The van der Waals surface area contributed by atoms with Crippen molar-refractivity contribution in [1.29, 1.82) is 0 Å². The summed E-state index contributed by atoms with van der Waals surface area (Å²) in [5, 5.41) is 0. The van der Waals surface area contributed by atoms with Gasteiger partial charge in [0.15, 0.2) is 11.6 Å². The predicted octanol–water partition coefficient (Wildman–Crippen LogP) is 1.60. The van der Waals surface area contributed by atoms with Crippen molar-refractivity contribution in [2.45, 2.75) is 12.1 Å². The number of halogens is 2. The van der Waals surface area contributed by atoms with Crippen LogP contribution in [0.4, 0.5) is 8.78 Å². The van der Waals surface area contributed by atoms with E-state index in [1.54, 1.807) is 11.8 Å². The van der Waals surface area contributed by atoms with E-state index in [-0.39, 0.29) is 12.1 Å². The molecule has 0 aliphatic carbocycles. The van der Waals surface area contributed by atoms with Crippen LogP contribution in [0.5, 0.6) is 0 Å². The molecule has 2 unspecified atom stereocenters. The molecule has 0 aromatic heterocycles. The van der Waals surface area contributed by atoms with Gasteiger partial charge >= 0.3 is 0 Å². The van der Waals surface area contributed by atoms with Gasteiger partial charge in [-0.1, -0.05) is 6.07 Å². The van der Waals surface area contributed by atoms with Crippen LogP contribution in [0.2, 0.25) is 0 Å². The summed E-state index contributed by atoms with van der Waals surface area (Å²) in [6.45, 7) is 0.650. The van der Waals surface area contributed by atoms with Crippen molar-refractivity contribution in [2.75, 3.05) is 18.1 Å². The summed E-state index contributed by atoms with van der Waals surface area (Å²) in [5.41, 5.74) is 3.20. The topological polar surface area (TPSA) is 47.3 Å². The van der Waals surface area contributed by atoms with Gasteiger partial charge in [0.1, 0.15) is 0 Å². The third-order valence-corrected chi connectivity index (χ3v) is 3.72. The monoisotopic (exact) mass is 260 g/mol. The molecule has 1 aromatic rings. The second-order valence-electron chi connectivity index (χ2n) is 3.80. The van der Waals surface area contributed by atoms with E-state index < -0.39 is 11.6 Å². The van der Waals surface area contributed by atoms with E-state index in [9.17, 15) is 8.78 Å². The first-order chi connectivity index (χ1) is 8.22. The zero-order valence-electron chi connectivity index (χ0n) is 9.16. The van der Waals surface area contributed by atoms with E-state index in [1.165, 1.54) is 6.07 Å². The number of benzene rings is 1. The highest BCUT2D eigenvalue weighted by Crippen LogP contribution is 2.25. The second-order valence-corrected chi connectivity index (χ2v) is 4.95. The molecule has 2 rings (SSSR count). The maximum absolute atomic E-state index is 13.2. The van der Waals surface area contributed by atoms with Crippen LogP contribution in [0.3, 0.4) is 0 Å². The molecule has 0 spiro atoms. The SMILES string of the molecule is NNC(c1ccc(F)c(F)c1)C1CSCCO1. The number of rotatable bonds is 3. The Morgan fingerprint density at radius 2 is 2.24 bits per heavy atom. The lowest BCUT2D eigenvalue weighted by molar-refractivity contribution is 0.0467. The van der Waals surface area contributed by atoms with Crippen LogP contribution in [0.25, 0.3) is 0 Å². The fourth-order valence-corrected chi connectivity index (χ4v) is 2.72. The number of hydrazine groups is 1. The Morgan fingerprint density at radius 3 is 2.82 bits per heavy atom. The highest BCUT2D eigenvalue weighted by molar-refractivity contribution is 7.99. The maximum atomic E-state index is 13.2. The largest absolute Gasteiger partial charge is 0.374 e. The van der Waals surface area contributed by atoms with E-state index in [4.69, 9.17) is 10.6 Å². The molecule has 1 aliphatic rings. The zero-order valence-corrected chi connectivity index (χ0v) is 9.97. The lowest BCUT2D eigenvalue weighted by atomic mass is 10.0. The van der Waals surface area contributed by atoms with Crippen LogP contribution in [0.1, 0.15) is 11.6 Å². The molecular formula is C11H14F2N2OS. The van der Waals surface area contributed by atoms with Crippen LogP contribution in [0.15, 0.2) is 18.2 Å². The Hall–Kier alpha value is -0.690. The van der Waals surface area contributed by atoms with Gasteiger partial charge in [-0.3, -0.25) is 11.3 Å². The molecule has 2 atom stereocenters. The minimum absolute atomic E-state index is 0.122. The van der Waals surface area contributed by atoms with Gasteiger partial charge < -0.3 is 4.74 Å². The normalized spacial score (nSPS) is 22.4. The Labute approximate surface area is 103 Å². The lowest BCUT2D eigenvalue weighted by Gasteiger charge is -2.30. The maximum Gasteiger partial charge on any atom is 0.159 e. The molecular weight excluding hydrogens is 246 g/mol. The van der Waals surface area contributed by atoms with Gasteiger partial charge in [0, 0.05) is 11.5 Å². The quantitative estimate of drug-likeness (QED) is 0.640. The first-order valence-corrected chi connectivity index (χ1v) is 6.48. The first kappa shape index (κ1) is 12.8. The Kier molecular flexibility index (Phi) is 4.33. The number of thioether (sulfide) groups is 1. The van der Waals surface area contributed by atoms with Crippen molar-refractivity contribution in [3.8, 4) is 0 Å². The first-order valence-electron chi connectivity index (χ1n) is 5.33. The summed E-state index contributed by atoms with van der Waals surface area (Å²) in [5.74, 6) is 5.48. The molecule has 0 saturated carbocycles. The molecule has 1 aromatic carbocycles. The molecule has 3 N–H and O–H groups in total. The highest BCUT2D eigenvalue weighted by atomic mass is 32.2. The Morgan fingerprint density at radius 1 is 1.41 bits per heavy atom. The third-order valence-electron chi connectivity index (χ3n) is 2.70. The fourth-order valence-electron chi connectivity index (χ4n) is 1.82. The van der Waals surface area contributed by atoms with Crippen LogP contribution in [-0.4, -0.2) is 24.2 Å². The van der Waals surface area contributed by atoms with Gasteiger partial charge in [-0.25, -0.2) is 8.78 Å². The number of nitrogens with two attached hydrogens (primary N) is 1. The summed E-state index contributed by atoms with van der Waals surface area (Å²) in [6, 6.07) is 3.46. The predicted molar refractivity (Wildman–Crippen MR) is 63.5 cm³/mol. The molecule has 1 heterocycles. The lowest BCUT2D eigenvalue weighted by Crippen LogP contribution is -2.41. The van der Waals surface area contributed by atoms with E-state index in [0.29, 0.717) is 12.2 Å². The van der Waals surface area contributed by atoms with Crippen molar-refractivity contribution in [3.05, 3.63) is 35.4 Å². The highest BCUT2D eigenvalue weighted by Gasteiger charge is 2.26. The average molecular weight is 260 g/mol. The van der Waals surface area contributed by atoms with Gasteiger partial charge in [-0.2, -0.15) is 11.8 Å². The van der Waals surface area contributed by atoms with Gasteiger partial charge in [-0.05, 0) is 17.7 Å². The van der Waals surface area contributed by atoms with E-state index in [1.807, 2.05) is 0 Å². The summed E-state index contributed by atoms with van der Waals surface area (Å²) in [4.78, 5) is 0. The third kappa shape index (κ3) is 2.95. The molecule has 1 fully saturated rings. The van der Waals surface area contributed by atoms with Crippen molar-refractivity contribution in [3.63, 3.8) is 0 Å². The van der Waals surface area contributed by atoms with Gasteiger partial charge in [0.2, 0.25) is 0 Å². The molecule has 0 bridgehead atoms. The van der Waals surface area contributed by atoms with Gasteiger partial charge in [0.25, 0.3) is 0 Å². The Bertz CT molecular complexity index is 386. The van der Waals surface area contributed by atoms with Crippen molar-refractivity contribution in [1.82, 2.24) is 5.43 Å². The van der Waals surface area contributed by atoms with Crippen LogP contribution in [-0.2, 0) is 4.74 Å². The summed E-state index contributed by atoms with van der Waals surface area (Å²) < 4.78 is 31.6. The van der Waals surface area contributed by atoms with Crippen molar-refractivity contribution in [2.24, 2.45) is 5.84 Å². The van der Waals surface area contributed by atoms with Crippen molar-refractivity contribution < 1.29 is 13.5 Å². The smallest absolute Gasteiger partial charge is 0.159 e. The number of ether oxygens (including phenoxy) is 1. The number of hydrogen-bond donors (Lipinski definition) is 2. The molecule has 1 saturated heterocycles. The average Bonchev–Trinajstić information content (AvgIpc) is 2.36. The molecule has 0 amide bonds. The van der Waals surface area contributed by atoms with Crippen LogP contribution in [0, 0.1) is 11.6 Å². The fraction of sp³-hybridized carbons (Fsp3) is 0.455. The van der Waals surface area contributed by atoms with Gasteiger partial charge in [0.05, 0.1) is 18.8 Å². The summed E-state index contributed by atoms with van der Waals surface area (Å²) in [6.07, 6.45) is -0.122. The van der Waals surface area contributed by atoms with Crippen molar-refractivity contribution >= 4 is 11.8 Å². The van der Waals surface area contributed by atoms with E-state index >= 15 is 0 Å². The standard InChI is InChI=1S/C11H14F2N2OS/c12-8-2-1-7(5-9(8)13)11(15-14)10-6-17-4-3-16-10/h1-2,5,10-11,15H,3-4,6,14H2. The summed E-state index contributed by atoms with van der Waals surface area (Å²) >= 11 is 1.76. The van der Waals surface area contributed by atoms with Crippen LogP contribution < -0.4 is 11.3 Å². The van der Waals surface area contributed by atoms with E-state index in [0.717, 1.165) is 23.6 Å². The zero-order chi connectivity index (χ0) is 12.3.